The van der Waals surface area contributed by atoms with Gasteiger partial charge in [-0.3, -0.25) is 0 Å². The van der Waals surface area contributed by atoms with Crippen molar-refractivity contribution in [3.05, 3.63) is 72.0 Å². The van der Waals surface area contributed by atoms with Crippen molar-refractivity contribution in [1.82, 2.24) is 0 Å². The quantitative estimate of drug-likeness (QED) is 0.536. The van der Waals surface area contributed by atoms with E-state index in [0.29, 0.717) is 5.56 Å². The van der Waals surface area contributed by atoms with E-state index < -0.39 is 11.9 Å². The van der Waals surface area contributed by atoms with E-state index in [1.807, 2.05) is 54.6 Å². The van der Waals surface area contributed by atoms with Gasteiger partial charge in [-0.15, -0.1) is 0 Å². The number of carbonyl (C=O) groups excluding carboxylic acids is 2. The van der Waals surface area contributed by atoms with Crippen LogP contribution in [0.15, 0.2) is 66.4 Å². The molecule has 0 radical (unpaired) electrons. The third-order valence-corrected chi connectivity index (χ3v) is 3.86. The number of fused-ring (bicyclic) bond motifs is 2. The molecular formula is C19H12O4. The molecule has 0 spiro atoms. The van der Waals surface area contributed by atoms with Crippen LogP contribution in [-0.4, -0.2) is 18.5 Å². The zero-order chi connectivity index (χ0) is 15.8. The number of carbonyl (C=O) groups is 2. The first-order valence-electron chi connectivity index (χ1n) is 7.24. The first-order valence-corrected chi connectivity index (χ1v) is 7.24. The fourth-order valence-corrected chi connectivity index (χ4v) is 2.82. The second kappa shape index (κ2) is 5.25. The van der Waals surface area contributed by atoms with Crippen LogP contribution in [0.3, 0.4) is 0 Å². The molecule has 0 fully saturated rings. The Morgan fingerprint density at radius 1 is 0.957 bits per heavy atom. The molecule has 4 rings (SSSR count). The summed E-state index contributed by atoms with van der Waals surface area (Å²) in [6.07, 6.45) is 1.47. The van der Waals surface area contributed by atoms with Gasteiger partial charge in [-0.05, 0) is 27.6 Å². The average Bonchev–Trinajstić information content (AvgIpc) is 2.97. The lowest BCUT2D eigenvalue weighted by atomic mass is 9.97. The Kier molecular flexibility index (Phi) is 3.08. The van der Waals surface area contributed by atoms with E-state index in [2.05, 4.69) is 0 Å². The van der Waals surface area contributed by atoms with Gasteiger partial charge >= 0.3 is 11.9 Å². The molecule has 0 saturated carbocycles. The maximum Gasteiger partial charge on any atom is 0.374 e. The molecule has 0 saturated heterocycles. The Bertz CT molecular complexity index is 931. The van der Waals surface area contributed by atoms with Crippen molar-refractivity contribution in [2.24, 2.45) is 0 Å². The van der Waals surface area contributed by atoms with Crippen molar-refractivity contribution < 1.29 is 19.1 Å². The predicted octanol–water partition coefficient (Wildman–Crippen LogP) is 3.59. The van der Waals surface area contributed by atoms with Gasteiger partial charge in [-0.2, -0.15) is 0 Å². The van der Waals surface area contributed by atoms with Crippen LogP contribution in [0.2, 0.25) is 0 Å². The van der Waals surface area contributed by atoms with Gasteiger partial charge in [0.05, 0.1) is 5.56 Å². The topological polar surface area (TPSA) is 52.6 Å². The number of hydrogen-bond donors (Lipinski definition) is 0. The van der Waals surface area contributed by atoms with E-state index >= 15 is 0 Å². The maximum absolute atomic E-state index is 12.7. The highest BCUT2D eigenvalue weighted by molar-refractivity contribution is 6.17. The third kappa shape index (κ3) is 2.25. The van der Waals surface area contributed by atoms with Crippen molar-refractivity contribution in [2.75, 3.05) is 6.61 Å². The fourth-order valence-electron chi connectivity index (χ4n) is 2.82. The molecule has 112 valence electrons. The van der Waals surface area contributed by atoms with Crippen LogP contribution < -0.4 is 0 Å². The minimum atomic E-state index is -0.608. The predicted molar refractivity (Wildman–Crippen MR) is 85.9 cm³/mol. The molecule has 0 aromatic heterocycles. The van der Waals surface area contributed by atoms with Gasteiger partial charge < -0.3 is 9.47 Å². The van der Waals surface area contributed by atoms with E-state index in [0.717, 1.165) is 21.5 Å². The molecule has 0 amide bonds. The Morgan fingerprint density at radius 3 is 2.13 bits per heavy atom. The van der Waals surface area contributed by atoms with Gasteiger partial charge in [0.25, 0.3) is 0 Å². The number of ether oxygens (including phenoxy) is 2. The summed E-state index contributed by atoms with van der Waals surface area (Å²) in [6, 6.07) is 17.3. The summed E-state index contributed by atoms with van der Waals surface area (Å²) in [7, 11) is 0. The molecular weight excluding hydrogens is 292 g/mol. The molecule has 4 heteroatoms. The molecule has 0 aliphatic carbocycles. The van der Waals surface area contributed by atoms with Gasteiger partial charge in [-0.25, -0.2) is 9.59 Å². The summed E-state index contributed by atoms with van der Waals surface area (Å²) in [4.78, 5) is 24.2. The highest BCUT2D eigenvalue weighted by Gasteiger charge is 2.24. The Morgan fingerprint density at radius 2 is 1.57 bits per heavy atom. The summed E-state index contributed by atoms with van der Waals surface area (Å²) in [6.45, 7) is 0.137. The highest BCUT2D eigenvalue weighted by Crippen LogP contribution is 2.29. The van der Waals surface area contributed by atoms with E-state index in [9.17, 15) is 9.59 Å². The average molecular weight is 304 g/mol. The van der Waals surface area contributed by atoms with Crippen molar-refractivity contribution in [3.63, 3.8) is 0 Å². The SMILES string of the molecule is O=C1OCC=C1OC(=O)c1c2ccccc2cc2ccccc12. The fraction of sp³-hybridized carbons (Fsp3) is 0.0526. The van der Waals surface area contributed by atoms with E-state index in [1.165, 1.54) is 6.08 Å². The smallest absolute Gasteiger partial charge is 0.374 e. The molecule has 4 nitrogen and oxygen atoms in total. The molecule has 23 heavy (non-hydrogen) atoms. The van der Waals surface area contributed by atoms with Crippen molar-refractivity contribution in [2.45, 2.75) is 0 Å². The second-order valence-electron chi connectivity index (χ2n) is 5.25. The largest absolute Gasteiger partial charge is 0.455 e. The summed E-state index contributed by atoms with van der Waals surface area (Å²) in [5, 5.41) is 3.48. The number of cyclic esters (lactones) is 1. The lowest BCUT2D eigenvalue weighted by molar-refractivity contribution is -0.138. The second-order valence-corrected chi connectivity index (χ2v) is 5.25. The first-order chi connectivity index (χ1) is 11.2. The first kappa shape index (κ1) is 13.5. The zero-order valence-electron chi connectivity index (χ0n) is 12.1. The zero-order valence-corrected chi connectivity index (χ0v) is 12.1. The van der Waals surface area contributed by atoms with E-state index in [-0.39, 0.29) is 12.4 Å². The number of hydrogen-bond acceptors (Lipinski definition) is 4. The van der Waals surface area contributed by atoms with Gasteiger partial charge in [0.1, 0.15) is 6.61 Å². The van der Waals surface area contributed by atoms with Crippen molar-refractivity contribution in [1.29, 1.82) is 0 Å². The number of rotatable bonds is 2. The molecule has 3 aromatic carbocycles. The number of benzene rings is 3. The van der Waals surface area contributed by atoms with Crippen LogP contribution in [0.5, 0.6) is 0 Å². The lowest BCUT2D eigenvalue weighted by Gasteiger charge is -2.10. The number of esters is 2. The molecule has 0 unspecified atom stereocenters. The van der Waals surface area contributed by atoms with Gasteiger partial charge in [0.2, 0.25) is 5.76 Å². The monoisotopic (exact) mass is 304 g/mol. The van der Waals surface area contributed by atoms with E-state index in [1.54, 1.807) is 0 Å². The Hall–Kier alpha value is -3.14. The van der Waals surface area contributed by atoms with Gasteiger partial charge in [0.15, 0.2) is 0 Å². The highest BCUT2D eigenvalue weighted by atomic mass is 16.6. The van der Waals surface area contributed by atoms with Gasteiger partial charge in [0, 0.05) is 6.08 Å². The Balaban J connectivity index is 1.92. The summed E-state index contributed by atoms with van der Waals surface area (Å²) < 4.78 is 10.0. The summed E-state index contributed by atoms with van der Waals surface area (Å²) in [5.41, 5.74) is 0.458. The van der Waals surface area contributed by atoms with Crippen molar-refractivity contribution in [3.8, 4) is 0 Å². The minimum absolute atomic E-state index is 0.0491. The third-order valence-electron chi connectivity index (χ3n) is 3.86. The maximum atomic E-state index is 12.7. The summed E-state index contributed by atoms with van der Waals surface area (Å²) >= 11 is 0. The Labute approximate surface area is 131 Å². The molecule has 1 aliphatic rings. The van der Waals surface area contributed by atoms with Crippen LogP contribution in [-0.2, 0) is 14.3 Å². The lowest BCUT2D eigenvalue weighted by Crippen LogP contribution is -2.11. The normalized spacial score (nSPS) is 13.9. The molecule has 0 N–H and O–H groups in total. The molecule has 3 aromatic rings. The molecule has 1 aliphatic heterocycles. The van der Waals surface area contributed by atoms with Crippen LogP contribution in [0.4, 0.5) is 0 Å². The minimum Gasteiger partial charge on any atom is -0.455 e. The van der Waals surface area contributed by atoms with Crippen molar-refractivity contribution >= 4 is 33.5 Å². The van der Waals surface area contributed by atoms with Crippen LogP contribution in [0.1, 0.15) is 10.4 Å². The van der Waals surface area contributed by atoms with Crippen LogP contribution >= 0.6 is 0 Å². The summed E-state index contributed by atoms with van der Waals surface area (Å²) in [5.74, 6) is -1.21. The van der Waals surface area contributed by atoms with Gasteiger partial charge in [-0.1, -0.05) is 48.5 Å². The van der Waals surface area contributed by atoms with Crippen LogP contribution in [0, 0.1) is 0 Å². The molecule has 0 atom stereocenters. The standard InChI is InChI=1S/C19H12O4/c20-18-16(9-10-22-18)23-19(21)17-14-7-3-1-5-12(14)11-13-6-2-4-8-15(13)17/h1-9,11H,10H2. The van der Waals surface area contributed by atoms with E-state index in [4.69, 9.17) is 9.47 Å². The molecule has 1 heterocycles. The van der Waals surface area contributed by atoms with Crippen LogP contribution in [0.25, 0.3) is 21.5 Å². The molecule has 0 bridgehead atoms.